The van der Waals surface area contributed by atoms with E-state index in [1.165, 1.54) is 24.0 Å². The number of hydrogen-bond acceptors (Lipinski definition) is 3. The number of halogens is 1. The molecule has 0 aliphatic carbocycles. The molecule has 2 rings (SSSR count). The first-order chi connectivity index (χ1) is 11.3. The van der Waals surface area contributed by atoms with Gasteiger partial charge in [-0.25, -0.2) is 13.1 Å². The summed E-state index contributed by atoms with van der Waals surface area (Å²) in [7, 11) is -3.59. The predicted octanol–water partition coefficient (Wildman–Crippen LogP) is 2.98. The number of nitrogens with one attached hydrogen (secondary N) is 1. The van der Waals surface area contributed by atoms with Crippen molar-refractivity contribution in [1.82, 2.24) is 4.72 Å². The number of hydrogen-bond donors (Lipinski definition) is 1. The maximum absolute atomic E-state index is 12.2. The minimum absolute atomic E-state index is 0.0995. The highest BCUT2D eigenvalue weighted by molar-refractivity contribution is 7.89. The second-order valence-corrected chi connectivity index (χ2v) is 7.49. The standard InChI is InChI=1S/C17H19ClN2O3S/c1-13-8-9-15(12-17(13)18)20(14(2)21)11-10-19-24(22,23)16-6-4-3-5-7-16/h3-9,12,19H,10-11H2,1-2H3. The monoisotopic (exact) mass is 366 g/mol. The Hall–Kier alpha value is -1.89. The summed E-state index contributed by atoms with van der Waals surface area (Å²) in [6.07, 6.45) is 0. The van der Waals surface area contributed by atoms with Gasteiger partial charge in [0.1, 0.15) is 0 Å². The van der Waals surface area contributed by atoms with Gasteiger partial charge in [0.2, 0.25) is 15.9 Å². The molecule has 7 heteroatoms. The molecule has 128 valence electrons. The van der Waals surface area contributed by atoms with Crippen molar-refractivity contribution in [3.8, 4) is 0 Å². The second kappa shape index (κ2) is 7.79. The van der Waals surface area contributed by atoms with E-state index >= 15 is 0 Å². The first-order valence-corrected chi connectivity index (χ1v) is 9.26. The van der Waals surface area contributed by atoms with Gasteiger partial charge in [-0.1, -0.05) is 35.9 Å². The largest absolute Gasteiger partial charge is 0.311 e. The van der Waals surface area contributed by atoms with Crippen LogP contribution in [0.15, 0.2) is 53.4 Å². The van der Waals surface area contributed by atoms with E-state index in [0.717, 1.165) is 5.56 Å². The Morgan fingerprint density at radius 3 is 2.42 bits per heavy atom. The van der Waals surface area contributed by atoms with E-state index in [0.29, 0.717) is 10.7 Å². The van der Waals surface area contributed by atoms with Gasteiger partial charge in [-0.05, 0) is 36.8 Å². The molecule has 2 aromatic carbocycles. The van der Waals surface area contributed by atoms with Gasteiger partial charge < -0.3 is 4.90 Å². The van der Waals surface area contributed by atoms with E-state index in [4.69, 9.17) is 11.6 Å². The number of anilines is 1. The Labute approximate surface area is 147 Å². The Balaban J connectivity index is 2.07. The van der Waals surface area contributed by atoms with Crippen LogP contribution in [-0.4, -0.2) is 27.4 Å². The molecule has 0 spiro atoms. The number of rotatable bonds is 6. The maximum atomic E-state index is 12.2. The quantitative estimate of drug-likeness (QED) is 0.854. The molecule has 24 heavy (non-hydrogen) atoms. The fourth-order valence-corrected chi connectivity index (χ4v) is 3.41. The van der Waals surface area contributed by atoms with Crippen molar-refractivity contribution in [1.29, 1.82) is 0 Å². The highest BCUT2D eigenvalue weighted by atomic mass is 35.5. The molecule has 0 aliphatic heterocycles. The topological polar surface area (TPSA) is 66.5 Å². The normalized spacial score (nSPS) is 11.3. The van der Waals surface area contributed by atoms with Gasteiger partial charge in [0.25, 0.3) is 0 Å². The van der Waals surface area contributed by atoms with Crippen molar-refractivity contribution in [3.05, 3.63) is 59.1 Å². The van der Waals surface area contributed by atoms with Crippen molar-refractivity contribution in [2.24, 2.45) is 0 Å². The van der Waals surface area contributed by atoms with Crippen LogP contribution in [0.4, 0.5) is 5.69 Å². The molecule has 0 saturated heterocycles. The SMILES string of the molecule is CC(=O)N(CCNS(=O)(=O)c1ccccc1)c1ccc(C)c(Cl)c1. The van der Waals surface area contributed by atoms with Crippen LogP contribution < -0.4 is 9.62 Å². The molecular weight excluding hydrogens is 348 g/mol. The highest BCUT2D eigenvalue weighted by Gasteiger charge is 2.16. The predicted molar refractivity (Wildman–Crippen MR) is 95.8 cm³/mol. The molecule has 0 fully saturated rings. The molecule has 0 atom stereocenters. The molecule has 0 saturated carbocycles. The summed E-state index contributed by atoms with van der Waals surface area (Å²) >= 11 is 6.10. The van der Waals surface area contributed by atoms with E-state index < -0.39 is 10.0 Å². The first-order valence-electron chi connectivity index (χ1n) is 7.40. The average molecular weight is 367 g/mol. The summed E-state index contributed by atoms with van der Waals surface area (Å²) in [5, 5.41) is 0.559. The van der Waals surface area contributed by atoms with Crippen LogP contribution in [0.25, 0.3) is 0 Å². The number of benzene rings is 2. The summed E-state index contributed by atoms with van der Waals surface area (Å²) in [5.41, 5.74) is 1.55. The third-order valence-corrected chi connectivity index (χ3v) is 5.41. The number of nitrogens with zero attached hydrogens (tertiary/aromatic N) is 1. The summed E-state index contributed by atoms with van der Waals surface area (Å²) in [4.78, 5) is 13.5. The third kappa shape index (κ3) is 4.56. The fourth-order valence-electron chi connectivity index (χ4n) is 2.19. The van der Waals surface area contributed by atoms with E-state index in [-0.39, 0.29) is 23.9 Å². The van der Waals surface area contributed by atoms with Gasteiger partial charge in [0.15, 0.2) is 0 Å². The van der Waals surface area contributed by atoms with Crippen LogP contribution in [-0.2, 0) is 14.8 Å². The summed E-state index contributed by atoms with van der Waals surface area (Å²) in [5.74, 6) is -0.186. The van der Waals surface area contributed by atoms with Crippen LogP contribution in [0.5, 0.6) is 0 Å². The zero-order valence-electron chi connectivity index (χ0n) is 13.5. The molecule has 1 N–H and O–H groups in total. The summed E-state index contributed by atoms with van der Waals surface area (Å²) in [6, 6.07) is 13.4. The molecular formula is C17H19ClN2O3S. The lowest BCUT2D eigenvalue weighted by Gasteiger charge is -2.22. The molecule has 0 bridgehead atoms. The van der Waals surface area contributed by atoms with E-state index in [1.54, 1.807) is 30.3 Å². The minimum Gasteiger partial charge on any atom is -0.311 e. The Kier molecular flexibility index (Phi) is 5.99. The lowest BCUT2D eigenvalue weighted by molar-refractivity contribution is -0.116. The Morgan fingerprint density at radius 1 is 1.17 bits per heavy atom. The lowest BCUT2D eigenvalue weighted by atomic mass is 10.2. The van der Waals surface area contributed by atoms with Crippen LogP contribution >= 0.6 is 11.6 Å². The highest BCUT2D eigenvalue weighted by Crippen LogP contribution is 2.23. The van der Waals surface area contributed by atoms with Crippen molar-refractivity contribution in [2.45, 2.75) is 18.7 Å². The van der Waals surface area contributed by atoms with Gasteiger partial charge in [-0.2, -0.15) is 0 Å². The van der Waals surface area contributed by atoms with Crippen LogP contribution in [0.1, 0.15) is 12.5 Å². The third-order valence-electron chi connectivity index (χ3n) is 3.53. The fraction of sp³-hybridized carbons (Fsp3) is 0.235. The van der Waals surface area contributed by atoms with Gasteiger partial charge in [0.05, 0.1) is 4.90 Å². The number of carbonyl (C=O) groups excluding carboxylic acids is 1. The van der Waals surface area contributed by atoms with Crippen LogP contribution in [0, 0.1) is 6.92 Å². The number of amides is 1. The molecule has 5 nitrogen and oxygen atoms in total. The van der Waals surface area contributed by atoms with E-state index in [2.05, 4.69) is 4.72 Å². The number of carbonyl (C=O) groups is 1. The second-order valence-electron chi connectivity index (χ2n) is 5.31. The van der Waals surface area contributed by atoms with Crippen molar-refractivity contribution >= 4 is 33.2 Å². The number of sulfonamides is 1. The summed E-state index contributed by atoms with van der Waals surface area (Å²) in [6.45, 7) is 3.61. The minimum atomic E-state index is -3.59. The van der Waals surface area contributed by atoms with Gasteiger partial charge in [-0.3, -0.25) is 4.79 Å². The van der Waals surface area contributed by atoms with E-state index in [9.17, 15) is 13.2 Å². The first kappa shape index (κ1) is 18.4. The average Bonchev–Trinajstić information content (AvgIpc) is 2.55. The molecule has 0 heterocycles. The molecule has 0 aromatic heterocycles. The Bertz CT molecular complexity index is 823. The molecule has 2 aromatic rings. The Morgan fingerprint density at radius 2 is 1.83 bits per heavy atom. The molecule has 0 aliphatic rings. The number of aryl methyl sites for hydroxylation is 1. The van der Waals surface area contributed by atoms with Crippen molar-refractivity contribution in [2.75, 3.05) is 18.0 Å². The van der Waals surface area contributed by atoms with Crippen LogP contribution in [0.3, 0.4) is 0 Å². The smallest absolute Gasteiger partial charge is 0.240 e. The van der Waals surface area contributed by atoms with Crippen LogP contribution in [0.2, 0.25) is 5.02 Å². The van der Waals surface area contributed by atoms with Gasteiger partial charge >= 0.3 is 0 Å². The van der Waals surface area contributed by atoms with Crippen molar-refractivity contribution < 1.29 is 13.2 Å². The van der Waals surface area contributed by atoms with Gasteiger partial charge in [-0.15, -0.1) is 0 Å². The molecule has 0 unspecified atom stereocenters. The zero-order chi connectivity index (χ0) is 17.7. The molecule has 1 amide bonds. The lowest BCUT2D eigenvalue weighted by Crippen LogP contribution is -2.37. The zero-order valence-corrected chi connectivity index (χ0v) is 15.1. The maximum Gasteiger partial charge on any atom is 0.240 e. The van der Waals surface area contributed by atoms with E-state index in [1.807, 2.05) is 13.0 Å². The van der Waals surface area contributed by atoms with Gasteiger partial charge in [0, 0.05) is 30.7 Å². The summed E-state index contributed by atoms with van der Waals surface area (Å²) < 4.78 is 26.9. The molecule has 0 radical (unpaired) electrons. The van der Waals surface area contributed by atoms with Crippen molar-refractivity contribution in [3.63, 3.8) is 0 Å².